The van der Waals surface area contributed by atoms with Gasteiger partial charge in [-0.05, 0) is 37.3 Å². The number of hydrogen-bond donors (Lipinski definition) is 0. The lowest BCUT2D eigenvalue weighted by Crippen LogP contribution is -1.90. The molecule has 5 heteroatoms. The molecule has 2 aromatic heterocycles. The molecule has 0 N–H and O–H groups in total. The van der Waals surface area contributed by atoms with Gasteiger partial charge in [0.05, 0.1) is 22.5 Å². The van der Waals surface area contributed by atoms with Gasteiger partial charge >= 0.3 is 0 Å². The minimum Gasteiger partial charge on any atom is -0.494 e. The first kappa shape index (κ1) is 13.8. The summed E-state index contributed by atoms with van der Waals surface area (Å²) in [6, 6.07) is 14.4. The molecule has 2 aromatic carbocycles. The van der Waals surface area contributed by atoms with Crippen molar-refractivity contribution in [1.82, 2.24) is 9.38 Å². The number of hydrogen-bond acceptors (Lipinski definition) is 3. The molecule has 0 aliphatic rings. The van der Waals surface area contributed by atoms with Crippen molar-refractivity contribution in [2.75, 3.05) is 6.61 Å². The van der Waals surface area contributed by atoms with Gasteiger partial charge in [0, 0.05) is 16.2 Å². The third-order valence-corrected chi connectivity index (χ3v) is 5.01. The number of nitrogens with zero attached hydrogens (tertiary/aromatic N) is 2. The normalized spacial score (nSPS) is 11.4. The quantitative estimate of drug-likeness (QED) is 0.482. The number of aromatic nitrogens is 2. The molecular formula is C17H13BrN2OS. The molecule has 0 saturated heterocycles. The highest BCUT2D eigenvalue weighted by molar-refractivity contribution is 9.10. The minimum atomic E-state index is 0.682. The van der Waals surface area contributed by atoms with Gasteiger partial charge in [0.2, 0.25) is 0 Å². The van der Waals surface area contributed by atoms with Gasteiger partial charge < -0.3 is 4.74 Å². The summed E-state index contributed by atoms with van der Waals surface area (Å²) in [6.45, 7) is 2.68. The van der Waals surface area contributed by atoms with Crippen molar-refractivity contribution in [2.45, 2.75) is 6.92 Å². The Morgan fingerprint density at radius 2 is 2.14 bits per heavy atom. The van der Waals surface area contributed by atoms with E-state index < -0.39 is 0 Å². The molecule has 0 fully saturated rings. The molecule has 2 heterocycles. The summed E-state index contributed by atoms with van der Waals surface area (Å²) in [6.07, 6.45) is 2.09. The van der Waals surface area contributed by atoms with Crippen LogP contribution in [0.2, 0.25) is 0 Å². The van der Waals surface area contributed by atoms with Crippen molar-refractivity contribution in [3.8, 4) is 17.0 Å². The predicted molar refractivity (Wildman–Crippen MR) is 94.9 cm³/mol. The van der Waals surface area contributed by atoms with Gasteiger partial charge in [0.15, 0.2) is 4.96 Å². The summed E-state index contributed by atoms with van der Waals surface area (Å²) in [5.74, 6) is 0.909. The highest BCUT2D eigenvalue weighted by Crippen LogP contribution is 2.32. The molecule has 4 rings (SSSR count). The van der Waals surface area contributed by atoms with Crippen LogP contribution in [0.5, 0.6) is 5.75 Å². The summed E-state index contributed by atoms with van der Waals surface area (Å²) in [4.78, 5) is 5.76. The van der Waals surface area contributed by atoms with Crippen LogP contribution < -0.4 is 4.74 Å². The van der Waals surface area contributed by atoms with E-state index >= 15 is 0 Å². The molecule has 0 aliphatic carbocycles. The highest BCUT2D eigenvalue weighted by atomic mass is 79.9. The zero-order chi connectivity index (χ0) is 15.1. The van der Waals surface area contributed by atoms with E-state index in [-0.39, 0.29) is 0 Å². The van der Waals surface area contributed by atoms with Crippen LogP contribution in [-0.2, 0) is 0 Å². The number of benzene rings is 2. The summed E-state index contributed by atoms with van der Waals surface area (Å²) in [5.41, 5.74) is 3.27. The van der Waals surface area contributed by atoms with Crippen molar-refractivity contribution in [1.29, 1.82) is 0 Å². The molecule has 0 radical (unpaired) electrons. The monoisotopic (exact) mass is 372 g/mol. The smallest absolute Gasteiger partial charge is 0.195 e. The van der Waals surface area contributed by atoms with Gasteiger partial charge in [-0.25, -0.2) is 4.98 Å². The Labute approximate surface area is 140 Å². The van der Waals surface area contributed by atoms with Crippen LogP contribution in [0.15, 0.2) is 53.1 Å². The molecule has 3 nitrogen and oxygen atoms in total. The molecule has 0 unspecified atom stereocenters. The lowest BCUT2D eigenvalue weighted by molar-refractivity contribution is 0.341. The van der Waals surface area contributed by atoms with E-state index in [0.29, 0.717) is 6.61 Å². The van der Waals surface area contributed by atoms with Crippen LogP contribution in [0.1, 0.15) is 6.92 Å². The second-order valence-corrected chi connectivity index (χ2v) is 6.88. The lowest BCUT2D eigenvalue weighted by Gasteiger charge is -2.01. The molecule has 0 bridgehead atoms. The van der Waals surface area contributed by atoms with E-state index in [1.165, 1.54) is 4.70 Å². The van der Waals surface area contributed by atoms with Gasteiger partial charge in [0.1, 0.15) is 5.75 Å². The number of thiazole rings is 1. The third kappa shape index (κ3) is 2.30. The number of fused-ring (bicyclic) bond motifs is 3. The van der Waals surface area contributed by atoms with Crippen molar-refractivity contribution >= 4 is 42.4 Å². The molecule has 22 heavy (non-hydrogen) atoms. The maximum Gasteiger partial charge on any atom is 0.195 e. The Balaban J connectivity index is 1.85. The van der Waals surface area contributed by atoms with Crippen molar-refractivity contribution in [3.63, 3.8) is 0 Å². The van der Waals surface area contributed by atoms with Crippen molar-refractivity contribution in [3.05, 3.63) is 53.1 Å². The fraction of sp³-hybridized carbons (Fsp3) is 0.118. The van der Waals surface area contributed by atoms with E-state index in [2.05, 4.69) is 50.8 Å². The van der Waals surface area contributed by atoms with Gasteiger partial charge in [-0.2, -0.15) is 0 Å². The van der Waals surface area contributed by atoms with Crippen LogP contribution in [0, 0.1) is 0 Å². The maximum absolute atomic E-state index is 5.56. The number of rotatable bonds is 3. The molecule has 0 spiro atoms. The molecule has 110 valence electrons. The summed E-state index contributed by atoms with van der Waals surface area (Å²) >= 11 is 5.19. The van der Waals surface area contributed by atoms with E-state index in [4.69, 9.17) is 9.72 Å². The van der Waals surface area contributed by atoms with Crippen molar-refractivity contribution in [2.24, 2.45) is 0 Å². The van der Waals surface area contributed by atoms with Crippen LogP contribution >= 0.6 is 27.3 Å². The Morgan fingerprint density at radius 1 is 1.23 bits per heavy atom. The van der Waals surface area contributed by atoms with Crippen LogP contribution in [0.25, 0.3) is 26.4 Å². The zero-order valence-electron chi connectivity index (χ0n) is 11.9. The van der Waals surface area contributed by atoms with E-state index in [0.717, 1.165) is 32.0 Å². The van der Waals surface area contributed by atoms with Gasteiger partial charge in [0.25, 0.3) is 0 Å². The van der Waals surface area contributed by atoms with Crippen LogP contribution in [-0.4, -0.2) is 16.0 Å². The Morgan fingerprint density at radius 3 is 2.95 bits per heavy atom. The number of halogens is 1. The van der Waals surface area contributed by atoms with Gasteiger partial charge in [-0.15, -0.1) is 0 Å². The SMILES string of the molecule is CCOc1ccc2c(c1)sc1nc(-c3cccc(Br)c3)cn12. The van der Waals surface area contributed by atoms with E-state index in [1.807, 2.05) is 25.1 Å². The van der Waals surface area contributed by atoms with Gasteiger partial charge in [-0.1, -0.05) is 39.4 Å². The first-order valence-electron chi connectivity index (χ1n) is 7.05. The second-order valence-electron chi connectivity index (χ2n) is 4.95. The van der Waals surface area contributed by atoms with E-state index in [9.17, 15) is 0 Å². The average molecular weight is 373 g/mol. The first-order valence-corrected chi connectivity index (χ1v) is 8.66. The van der Waals surface area contributed by atoms with Crippen LogP contribution in [0.4, 0.5) is 0 Å². The predicted octanol–water partition coefficient (Wildman–Crippen LogP) is 5.38. The third-order valence-electron chi connectivity index (χ3n) is 3.50. The fourth-order valence-electron chi connectivity index (χ4n) is 2.52. The molecular weight excluding hydrogens is 360 g/mol. The summed E-state index contributed by atoms with van der Waals surface area (Å²) < 4.78 is 9.96. The topological polar surface area (TPSA) is 26.5 Å². The minimum absolute atomic E-state index is 0.682. The average Bonchev–Trinajstić information content (AvgIpc) is 3.04. The Kier molecular flexibility index (Phi) is 3.39. The zero-order valence-corrected chi connectivity index (χ0v) is 14.3. The number of ether oxygens (including phenoxy) is 1. The fourth-order valence-corrected chi connectivity index (χ4v) is 3.96. The largest absolute Gasteiger partial charge is 0.494 e. The Hall–Kier alpha value is -1.85. The lowest BCUT2D eigenvalue weighted by atomic mass is 10.2. The molecule has 0 amide bonds. The molecule has 0 saturated carbocycles. The standard InChI is InChI=1S/C17H13BrN2OS/c1-2-21-13-6-7-15-16(9-13)22-17-19-14(10-20(15)17)11-4-3-5-12(18)8-11/h3-10H,2H2,1H3. The first-order chi connectivity index (χ1) is 10.7. The Bertz CT molecular complexity index is 973. The van der Waals surface area contributed by atoms with Gasteiger partial charge in [-0.3, -0.25) is 4.40 Å². The highest BCUT2D eigenvalue weighted by Gasteiger charge is 2.11. The maximum atomic E-state index is 5.56. The summed E-state index contributed by atoms with van der Waals surface area (Å²) in [7, 11) is 0. The summed E-state index contributed by atoms with van der Waals surface area (Å²) in [5, 5.41) is 0. The number of imidazole rings is 1. The van der Waals surface area contributed by atoms with Crippen molar-refractivity contribution < 1.29 is 4.74 Å². The second kappa shape index (κ2) is 5.41. The molecule has 0 aliphatic heterocycles. The molecule has 4 aromatic rings. The van der Waals surface area contributed by atoms with E-state index in [1.54, 1.807) is 11.3 Å². The molecule has 0 atom stereocenters. The van der Waals surface area contributed by atoms with Crippen LogP contribution in [0.3, 0.4) is 0 Å².